The van der Waals surface area contributed by atoms with E-state index >= 15 is 0 Å². The highest BCUT2D eigenvalue weighted by molar-refractivity contribution is 6.30. The van der Waals surface area contributed by atoms with Crippen molar-refractivity contribution < 1.29 is 26.7 Å². The fourth-order valence-electron chi connectivity index (χ4n) is 5.02. The van der Waals surface area contributed by atoms with Gasteiger partial charge < -0.3 is 5.32 Å². The van der Waals surface area contributed by atoms with Gasteiger partial charge in [-0.25, -0.2) is 8.78 Å². The number of benzene rings is 2. The number of carbonyl (C=O) groups excluding carboxylic acids is 1. The molecule has 40 heavy (non-hydrogen) atoms. The molecule has 0 bridgehead atoms. The predicted octanol–water partition coefficient (Wildman–Crippen LogP) is 6.27. The number of halogens is 6. The van der Waals surface area contributed by atoms with Crippen LogP contribution >= 0.6 is 11.6 Å². The van der Waals surface area contributed by atoms with Gasteiger partial charge in [0.1, 0.15) is 18.2 Å². The first-order valence-electron chi connectivity index (χ1n) is 12.6. The third kappa shape index (κ3) is 6.14. The van der Waals surface area contributed by atoms with Crippen molar-refractivity contribution in [3.05, 3.63) is 99.7 Å². The molecule has 0 spiro atoms. The zero-order valence-corrected chi connectivity index (χ0v) is 21.7. The van der Waals surface area contributed by atoms with Crippen molar-refractivity contribution in [1.29, 1.82) is 0 Å². The molecule has 2 heterocycles. The van der Waals surface area contributed by atoms with Crippen LogP contribution in [0.1, 0.15) is 47.1 Å². The van der Waals surface area contributed by atoms with Gasteiger partial charge in [-0.2, -0.15) is 18.3 Å². The fourth-order valence-corrected chi connectivity index (χ4v) is 5.15. The zero-order valence-electron chi connectivity index (χ0n) is 21.0. The predicted molar refractivity (Wildman–Crippen MR) is 137 cm³/mol. The molecule has 6 nitrogen and oxygen atoms in total. The lowest BCUT2D eigenvalue weighted by Crippen LogP contribution is -2.34. The van der Waals surface area contributed by atoms with Crippen molar-refractivity contribution in [1.82, 2.24) is 25.1 Å². The van der Waals surface area contributed by atoms with Crippen molar-refractivity contribution in [2.75, 3.05) is 0 Å². The van der Waals surface area contributed by atoms with Crippen LogP contribution in [0.25, 0.3) is 11.3 Å². The third-order valence-corrected chi connectivity index (χ3v) is 6.94. The summed E-state index contributed by atoms with van der Waals surface area (Å²) in [4.78, 5) is 22.1. The molecule has 12 heteroatoms. The summed E-state index contributed by atoms with van der Waals surface area (Å²) >= 11 is 6.02. The number of nitrogens with one attached hydrogen (secondary N) is 1. The molecule has 0 fully saturated rings. The first-order chi connectivity index (χ1) is 19.1. The Kier molecular flexibility index (Phi) is 7.84. The molecule has 4 aromatic rings. The summed E-state index contributed by atoms with van der Waals surface area (Å²) in [7, 11) is 0. The van der Waals surface area contributed by atoms with Gasteiger partial charge in [-0.05, 0) is 61.9 Å². The number of rotatable bonds is 7. The molecule has 208 valence electrons. The van der Waals surface area contributed by atoms with E-state index in [0.29, 0.717) is 46.9 Å². The van der Waals surface area contributed by atoms with E-state index in [1.54, 1.807) is 24.3 Å². The molecule has 1 N–H and O–H groups in total. The Morgan fingerprint density at radius 3 is 2.38 bits per heavy atom. The molecule has 2 aromatic heterocycles. The van der Waals surface area contributed by atoms with E-state index in [0.717, 1.165) is 22.9 Å². The highest BCUT2D eigenvalue weighted by atomic mass is 35.5. The maximum absolute atomic E-state index is 14.0. The Hall–Kier alpha value is -3.86. The first-order valence-corrected chi connectivity index (χ1v) is 12.9. The highest BCUT2D eigenvalue weighted by Crippen LogP contribution is 2.36. The molecule has 0 saturated heterocycles. The minimum Gasteiger partial charge on any atom is -0.346 e. The van der Waals surface area contributed by atoms with E-state index in [2.05, 4.69) is 20.4 Å². The van der Waals surface area contributed by atoms with Crippen LogP contribution in [-0.2, 0) is 36.8 Å². The summed E-state index contributed by atoms with van der Waals surface area (Å²) in [5, 5.41) is 7.04. The van der Waals surface area contributed by atoms with Gasteiger partial charge >= 0.3 is 6.18 Å². The van der Waals surface area contributed by atoms with Crippen molar-refractivity contribution in [2.45, 2.75) is 50.9 Å². The molecular weight excluding hydrogens is 553 g/mol. The van der Waals surface area contributed by atoms with Gasteiger partial charge in [-0.1, -0.05) is 23.7 Å². The van der Waals surface area contributed by atoms with Gasteiger partial charge in [0.05, 0.1) is 17.4 Å². The first kappa shape index (κ1) is 27.7. The molecule has 5 rings (SSSR count). The van der Waals surface area contributed by atoms with Crippen molar-refractivity contribution in [2.24, 2.45) is 0 Å². The Labute approximate surface area is 231 Å². The quantitative estimate of drug-likeness (QED) is 0.264. The van der Waals surface area contributed by atoms with Crippen LogP contribution in [0.15, 0.2) is 54.9 Å². The van der Waals surface area contributed by atoms with E-state index < -0.39 is 42.0 Å². The summed E-state index contributed by atoms with van der Waals surface area (Å²) in [5.41, 5.74) is 1.12. The minimum atomic E-state index is -4.64. The maximum Gasteiger partial charge on any atom is 0.435 e. The fraction of sp³-hybridized carbons (Fsp3) is 0.286. The zero-order chi connectivity index (χ0) is 28.4. The number of aromatic nitrogens is 4. The second-order valence-electron chi connectivity index (χ2n) is 9.54. The number of hydrogen-bond donors (Lipinski definition) is 1. The lowest BCUT2D eigenvalue weighted by molar-refractivity contribution is -0.142. The molecule has 0 saturated carbocycles. The van der Waals surface area contributed by atoms with Crippen LogP contribution in [0.3, 0.4) is 0 Å². The summed E-state index contributed by atoms with van der Waals surface area (Å²) in [6.45, 7) is -0.469. The maximum atomic E-state index is 14.0. The molecule has 1 unspecified atom stereocenters. The van der Waals surface area contributed by atoms with E-state index in [9.17, 15) is 26.7 Å². The van der Waals surface area contributed by atoms with Gasteiger partial charge in [-0.3, -0.25) is 19.4 Å². The number of hydrogen-bond acceptors (Lipinski definition) is 4. The monoisotopic (exact) mass is 575 g/mol. The van der Waals surface area contributed by atoms with Crippen LogP contribution in [0, 0.1) is 11.6 Å². The van der Waals surface area contributed by atoms with Gasteiger partial charge in [0.2, 0.25) is 5.91 Å². The molecule has 1 amide bonds. The van der Waals surface area contributed by atoms with Crippen LogP contribution in [-0.4, -0.2) is 25.7 Å². The SMILES string of the molecule is O=C(Cn1nc(C(F)(F)F)c2c1CCCC2)NC(Cc1cc(F)cc(F)c1)c1nccnc1-c1ccc(Cl)cc1. The topological polar surface area (TPSA) is 72.7 Å². The molecule has 0 radical (unpaired) electrons. The molecule has 0 aliphatic heterocycles. The van der Waals surface area contributed by atoms with Crippen LogP contribution < -0.4 is 5.32 Å². The van der Waals surface area contributed by atoms with E-state index in [4.69, 9.17) is 11.6 Å². The van der Waals surface area contributed by atoms with E-state index in [-0.39, 0.29) is 24.0 Å². The van der Waals surface area contributed by atoms with Crippen molar-refractivity contribution >= 4 is 17.5 Å². The molecule has 1 aliphatic carbocycles. The summed E-state index contributed by atoms with van der Waals surface area (Å²) < 4.78 is 70.0. The Morgan fingerprint density at radius 2 is 1.68 bits per heavy atom. The Morgan fingerprint density at radius 1 is 1.00 bits per heavy atom. The van der Waals surface area contributed by atoms with E-state index in [1.807, 2.05) is 0 Å². The van der Waals surface area contributed by atoms with Gasteiger partial charge in [0.25, 0.3) is 0 Å². The molecule has 2 aromatic carbocycles. The van der Waals surface area contributed by atoms with Crippen LogP contribution in [0.4, 0.5) is 22.0 Å². The number of amides is 1. The minimum absolute atomic E-state index is 0.0648. The van der Waals surface area contributed by atoms with Gasteiger partial charge in [-0.15, -0.1) is 0 Å². The average Bonchev–Trinajstić information content (AvgIpc) is 3.27. The number of alkyl halides is 3. The smallest absolute Gasteiger partial charge is 0.346 e. The van der Waals surface area contributed by atoms with Crippen LogP contribution in [0.2, 0.25) is 5.02 Å². The van der Waals surface area contributed by atoms with Gasteiger partial charge in [0.15, 0.2) is 5.69 Å². The van der Waals surface area contributed by atoms with Crippen molar-refractivity contribution in [3.63, 3.8) is 0 Å². The van der Waals surface area contributed by atoms with E-state index in [1.165, 1.54) is 12.4 Å². The number of carbonyl (C=O) groups is 1. The molecule has 1 atom stereocenters. The Balaban J connectivity index is 1.49. The average molecular weight is 576 g/mol. The summed E-state index contributed by atoms with van der Waals surface area (Å²) in [6.07, 6.45) is 0.0926. The lowest BCUT2D eigenvalue weighted by Gasteiger charge is -2.21. The standard InChI is InChI=1S/C28H23ClF5N5O/c29-18-7-5-17(6-8-18)25-26(36-10-9-35-25)22(13-16-11-19(30)14-20(31)12-16)37-24(40)15-39-23-4-2-1-3-21(23)27(38-39)28(32,33)34/h5-12,14,22H,1-4,13,15H2,(H,37,40). The second kappa shape index (κ2) is 11.3. The highest BCUT2D eigenvalue weighted by Gasteiger charge is 2.39. The number of nitrogens with zero attached hydrogens (tertiary/aromatic N) is 4. The molecule has 1 aliphatic rings. The number of fused-ring (bicyclic) bond motifs is 1. The normalized spacial score (nSPS) is 14.1. The van der Waals surface area contributed by atoms with Crippen molar-refractivity contribution in [3.8, 4) is 11.3 Å². The third-order valence-electron chi connectivity index (χ3n) is 6.69. The molecular formula is C28H23ClF5N5O. The summed E-state index contributed by atoms with van der Waals surface area (Å²) in [6, 6.07) is 8.82. The van der Waals surface area contributed by atoms with Crippen LogP contribution in [0.5, 0.6) is 0 Å². The Bertz CT molecular complexity index is 1520. The largest absolute Gasteiger partial charge is 0.435 e. The second-order valence-corrected chi connectivity index (χ2v) is 9.97. The lowest BCUT2D eigenvalue weighted by atomic mass is 9.95. The van der Waals surface area contributed by atoms with Gasteiger partial charge in [0, 0.05) is 40.3 Å². The summed E-state index contributed by atoms with van der Waals surface area (Å²) in [5.74, 6) is -2.22.